The molecular formula is C15H13N3. The largest absolute Gasteiger partial charge is 0.348 e. The molecule has 1 unspecified atom stereocenters. The number of aromatic nitrogens is 3. The predicted molar refractivity (Wildman–Crippen MR) is 70.2 cm³/mol. The summed E-state index contributed by atoms with van der Waals surface area (Å²) in [6, 6.07) is 16.3. The molecule has 0 radical (unpaired) electrons. The average Bonchev–Trinajstić information content (AvgIpc) is 2.95. The Morgan fingerprint density at radius 1 is 0.944 bits per heavy atom. The Morgan fingerprint density at radius 2 is 1.78 bits per heavy atom. The zero-order valence-corrected chi connectivity index (χ0v) is 9.82. The third-order valence-corrected chi connectivity index (χ3v) is 2.95. The van der Waals surface area contributed by atoms with E-state index in [0.717, 1.165) is 11.4 Å². The molecule has 3 nitrogen and oxygen atoms in total. The van der Waals surface area contributed by atoms with Crippen molar-refractivity contribution in [2.24, 2.45) is 0 Å². The molecule has 0 aliphatic heterocycles. The molecule has 2 aromatic heterocycles. The number of nitrogens with one attached hydrogen (secondary N) is 1. The van der Waals surface area contributed by atoms with Gasteiger partial charge in [0.2, 0.25) is 0 Å². The molecule has 0 spiro atoms. The van der Waals surface area contributed by atoms with Crippen LogP contribution < -0.4 is 0 Å². The lowest BCUT2D eigenvalue weighted by molar-refractivity contribution is 0.886. The van der Waals surface area contributed by atoms with Gasteiger partial charge in [-0.05, 0) is 17.7 Å². The fraction of sp³-hybridized carbons (Fsp3) is 0.0667. The number of imidazole rings is 1. The first-order valence-electron chi connectivity index (χ1n) is 5.89. The molecule has 88 valence electrons. The molecule has 3 rings (SSSR count). The summed E-state index contributed by atoms with van der Waals surface area (Å²) >= 11 is 0. The summed E-state index contributed by atoms with van der Waals surface area (Å²) < 4.78 is 0. The van der Waals surface area contributed by atoms with Crippen LogP contribution in [-0.2, 0) is 0 Å². The van der Waals surface area contributed by atoms with E-state index in [9.17, 15) is 0 Å². The SMILES string of the molecule is c1ccc(C(c2ccccn2)c2cnc[nH]2)cc1. The number of pyridine rings is 1. The number of hydrogen-bond donors (Lipinski definition) is 1. The Bertz CT molecular complexity index is 549. The molecule has 0 saturated heterocycles. The maximum absolute atomic E-state index is 4.46. The van der Waals surface area contributed by atoms with Crippen LogP contribution in [-0.4, -0.2) is 15.0 Å². The Kier molecular flexibility index (Phi) is 2.88. The van der Waals surface area contributed by atoms with E-state index in [1.165, 1.54) is 5.56 Å². The lowest BCUT2D eigenvalue weighted by atomic mass is 9.92. The van der Waals surface area contributed by atoms with E-state index in [-0.39, 0.29) is 5.92 Å². The van der Waals surface area contributed by atoms with Gasteiger partial charge < -0.3 is 4.98 Å². The van der Waals surface area contributed by atoms with Crippen molar-refractivity contribution in [1.29, 1.82) is 0 Å². The topological polar surface area (TPSA) is 41.6 Å². The Balaban J connectivity index is 2.11. The standard InChI is InChI=1S/C15H13N3/c1-2-6-12(7-3-1)15(14-10-16-11-18-14)13-8-4-5-9-17-13/h1-11,15H,(H,16,18). The summed E-state index contributed by atoms with van der Waals surface area (Å²) in [7, 11) is 0. The first-order valence-corrected chi connectivity index (χ1v) is 5.89. The summed E-state index contributed by atoms with van der Waals surface area (Å²) in [6.07, 6.45) is 5.38. The lowest BCUT2D eigenvalue weighted by Crippen LogP contribution is -2.05. The molecule has 2 heterocycles. The number of rotatable bonds is 3. The predicted octanol–water partition coefficient (Wildman–Crippen LogP) is 2.98. The Morgan fingerprint density at radius 3 is 2.44 bits per heavy atom. The van der Waals surface area contributed by atoms with Crippen molar-refractivity contribution in [2.75, 3.05) is 0 Å². The molecule has 1 aromatic carbocycles. The highest BCUT2D eigenvalue weighted by Gasteiger charge is 2.18. The van der Waals surface area contributed by atoms with Gasteiger partial charge in [0.05, 0.1) is 17.9 Å². The Hall–Kier alpha value is -2.42. The summed E-state index contributed by atoms with van der Waals surface area (Å²) in [5, 5.41) is 0. The molecule has 18 heavy (non-hydrogen) atoms. The minimum Gasteiger partial charge on any atom is -0.348 e. The minimum atomic E-state index is 0.106. The van der Waals surface area contributed by atoms with Crippen LogP contribution in [0.15, 0.2) is 67.3 Å². The molecule has 0 bridgehead atoms. The first kappa shape index (κ1) is 10.7. The van der Waals surface area contributed by atoms with Gasteiger partial charge in [-0.3, -0.25) is 4.98 Å². The van der Waals surface area contributed by atoms with Crippen LogP contribution in [0.25, 0.3) is 0 Å². The molecule has 0 aliphatic carbocycles. The van der Waals surface area contributed by atoms with Crippen molar-refractivity contribution >= 4 is 0 Å². The lowest BCUT2D eigenvalue weighted by Gasteiger charge is -2.15. The van der Waals surface area contributed by atoms with Crippen molar-refractivity contribution in [1.82, 2.24) is 15.0 Å². The van der Waals surface area contributed by atoms with Gasteiger partial charge in [0.25, 0.3) is 0 Å². The van der Waals surface area contributed by atoms with Crippen LogP contribution in [0, 0.1) is 0 Å². The van der Waals surface area contributed by atoms with Gasteiger partial charge in [-0.2, -0.15) is 0 Å². The van der Waals surface area contributed by atoms with E-state index in [2.05, 4.69) is 27.1 Å². The van der Waals surface area contributed by atoms with E-state index in [1.807, 2.05) is 48.8 Å². The van der Waals surface area contributed by atoms with Crippen LogP contribution >= 0.6 is 0 Å². The summed E-state index contributed by atoms with van der Waals surface area (Å²) in [6.45, 7) is 0. The average molecular weight is 235 g/mol. The first-order chi connectivity index (χ1) is 8.95. The zero-order valence-electron chi connectivity index (χ0n) is 9.82. The highest BCUT2D eigenvalue weighted by molar-refractivity contribution is 5.36. The summed E-state index contributed by atoms with van der Waals surface area (Å²) in [5.41, 5.74) is 3.29. The van der Waals surface area contributed by atoms with Gasteiger partial charge in [-0.15, -0.1) is 0 Å². The van der Waals surface area contributed by atoms with Crippen molar-refractivity contribution in [3.05, 3.63) is 84.2 Å². The summed E-state index contributed by atoms with van der Waals surface area (Å²) in [4.78, 5) is 11.8. The fourth-order valence-corrected chi connectivity index (χ4v) is 2.13. The second-order valence-corrected chi connectivity index (χ2v) is 4.11. The van der Waals surface area contributed by atoms with Crippen LogP contribution in [0.2, 0.25) is 0 Å². The number of benzene rings is 1. The molecule has 1 N–H and O–H groups in total. The van der Waals surface area contributed by atoms with Gasteiger partial charge in [-0.25, -0.2) is 4.98 Å². The third-order valence-electron chi connectivity index (χ3n) is 2.95. The maximum Gasteiger partial charge on any atom is 0.0922 e. The number of H-pyrrole nitrogens is 1. The van der Waals surface area contributed by atoms with E-state index in [4.69, 9.17) is 0 Å². The van der Waals surface area contributed by atoms with E-state index in [1.54, 1.807) is 6.33 Å². The van der Waals surface area contributed by atoms with Crippen LogP contribution in [0.1, 0.15) is 22.9 Å². The molecular weight excluding hydrogens is 222 g/mol. The molecule has 0 aliphatic rings. The van der Waals surface area contributed by atoms with Crippen LogP contribution in [0.5, 0.6) is 0 Å². The molecule has 0 saturated carbocycles. The van der Waals surface area contributed by atoms with Crippen LogP contribution in [0.3, 0.4) is 0 Å². The van der Waals surface area contributed by atoms with E-state index in [0.29, 0.717) is 0 Å². The quantitative estimate of drug-likeness (QED) is 0.758. The molecule has 1 atom stereocenters. The number of aromatic amines is 1. The van der Waals surface area contributed by atoms with E-state index < -0.39 is 0 Å². The number of nitrogens with zero attached hydrogens (tertiary/aromatic N) is 2. The van der Waals surface area contributed by atoms with Crippen molar-refractivity contribution in [3.63, 3.8) is 0 Å². The van der Waals surface area contributed by atoms with Crippen LogP contribution in [0.4, 0.5) is 0 Å². The monoisotopic (exact) mass is 235 g/mol. The van der Waals surface area contributed by atoms with Gasteiger partial charge in [0.15, 0.2) is 0 Å². The normalized spacial score (nSPS) is 12.2. The minimum absolute atomic E-state index is 0.106. The maximum atomic E-state index is 4.46. The molecule has 3 heteroatoms. The Labute approximate surface area is 106 Å². The van der Waals surface area contributed by atoms with E-state index >= 15 is 0 Å². The van der Waals surface area contributed by atoms with Crippen molar-refractivity contribution in [2.45, 2.75) is 5.92 Å². The smallest absolute Gasteiger partial charge is 0.0922 e. The fourth-order valence-electron chi connectivity index (χ4n) is 2.13. The zero-order chi connectivity index (χ0) is 12.2. The number of hydrogen-bond acceptors (Lipinski definition) is 2. The summed E-state index contributed by atoms with van der Waals surface area (Å²) in [5.74, 6) is 0.106. The van der Waals surface area contributed by atoms with Crippen molar-refractivity contribution in [3.8, 4) is 0 Å². The van der Waals surface area contributed by atoms with Gasteiger partial charge in [0, 0.05) is 18.1 Å². The second kappa shape index (κ2) is 4.84. The van der Waals surface area contributed by atoms with Crippen molar-refractivity contribution < 1.29 is 0 Å². The molecule has 3 aromatic rings. The van der Waals surface area contributed by atoms with Gasteiger partial charge >= 0.3 is 0 Å². The third kappa shape index (κ3) is 2.02. The van der Waals surface area contributed by atoms with Gasteiger partial charge in [0.1, 0.15) is 0 Å². The second-order valence-electron chi connectivity index (χ2n) is 4.11. The highest BCUT2D eigenvalue weighted by atomic mass is 14.9. The molecule has 0 fully saturated rings. The molecule has 0 amide bonds. The van der Waals surface area contributed by atoms with Gasteiger partial charge in [-0.1, -0.05) is 36.4 Å². The highest BCUT2D eigenvalue weighted by Crippen LogP contribution is 2.28.